The van der Waals surface area contributed by atoms with E-state index in [1.807, 2.05) is 18.2 Å². The quantitative estimate of drug-likeness (QED) is 0.482. The van der Waals surface area contributed by atoms with Gasteiger partial charge >= 0.3 is 5.97 Å². The largest absolute Gasteiger partial charge is 0.469 e. The summed E-state index contributed by atoms with van der Waals surface area (Å²) in [4.78, 5) is 10.7. The van der Waals surface area contributed by atoms with Crippen LogP contribution in [0.2, 0.25) is 0 Å². The SMILES string of the molecule is COC(=O)CC/C=C/C=C/C(C)C. The summed E-state index contributed by atoms with van der Waals surface area (Å²) in [5.74, 6) is 0.419. The number of carbonyl (C=O) groups excluding carboxylic acids is 1. The minimum Gasteiger partial charge on any atom is -0.469 e. The summed E-state index contributed by atoms with van der Waals surface area (Å²) < 4.78 is 4.50. The first-order valence-electron chi connectivity index (χ1n) is 4.57. The van der Waals surface area contributed by atoms with Crippen molar-refractivity contribution in [3.63, 3.8) is 0 Å². The molecule has 0 rings (SSSR count). The second-order valence-corrected chi connectivity index (χ2v) is 3.17. The van der Waals surface area contributed by atoms with E-state index in [0.29, 0.717) is 12.3 Å². The van der Waals surface area contributed by atoms with Gasteiger partial charge in [0, 0.05) is 6.42 Å². The molecular weight excluding hydrogens is 164 g/mol. The molecule has 0 radical (unpaired) electrons. The molecule has 0 bridgehead atoms. The van der Waals surface area contributed by atoms with E-state index in [2.05, 4.69) is 24.7 Å². The minimum atomic E-state index is -0.155. The summed E-state index contributed by atoms with van der Waals surface area (Å²) in [6.07, 6.45) is 9.24. The van der Waals surface area contributed by atoms with Gasteiger partial charge in [0.2, 0.25) is 0 Å². The lowest BCUT2D eigenvalue weighted by atomic mass is 10.2. The maximum absolute atomic E-state index is 10.7. The van der Waals surface area contributed by atoms with Crippen molar-refractivity contribution in [2.45, 2.75) is 26.7 Å². The predicted molar refractivity (Wildman–Crippen MR) is 54.4 cm³/mol. The second kappa shape index (κ2) is 7.59. The van der Waals surface area contributed by atoms with E-state index in [0.717, 1.165) is 6.42 Å². The Morgan fingerprint density at radius 1 is 1.38 bits per heavy atom. The van der Waals surface area contributed by atoms with Crippen LogP contribution in [0.4, 0.5) is 0 Å². The molecule has 0 atom stereocenters. The van der Waals surface area contributed by atoms with E-state index in [9.17, 15) is 4.79 Å². The molecule has 13 heavy (non-hydrogen) atoms. The Hall–Kier alpha value is -1.05. The molecule has 0 aliphatic carbocycles. The van der Waals surface area contributed by atoms with Crippen molar-refractivity contribution in [1.29, 1.82) is 0 Å². The molecule has 0 heterocycles. The summed E-state index contributed by atoms with van der Waals surface area (Å²) in [5, 5.41) is 0. The standard InChI is InChI=1S/C11H18O2/c1-10(2)8-6-4-5-7-9-11(12)13-3/h4-6,8,10H,7,9H2,1-3H3/b5-4+,8-6+. The van der Waals surface area contributed by atoms with E-state index in [4.69, 9.17) is 0 Å². The molecule has 0 fully saturated rings. The van der Waals surface area contributed by atoms with Crippen molar-refractivity contribution < 1.29 is 9.53 Å². The van der Waals surface area contributed by atoms with E-state index in [1.54, 1.807) is 0 Å². The highest BCUT2D eigenvalue weighted by atomic mass is 16.5. The molecule has 2 heteroatoms. The molecule has 0 aliphatic rings. The Balaban J connectivity index is 3.47. The maximum atomic E-state index is 10.7. The van der Waals surface area contributed by atoms with Crippen molar-refractivity contribution in [2.24, 2.45) is 5.92 Å². The normalized spacial score (nSPS) is 11.7. The van der Waals surface area contributed by atoms with Gasteiger partial charge in [0.25, 0.3) is 0 Å². The van der Waals surface area contributed by atoms with Gasteiger partial charge in [-0.3, -0.25) is 4.79 Å². The molecule has 0 aromatic heterocycles. The Kier molecular flexibility index (Phi) is 6.98. The molecule has 74 valence electrons. The molecule has 0 aliphatic heterocycles. The van der Waals surface area contributed by atoms with Crippen LogP contribution in [0.25, 0.3) is 0 Å². The van der Waals surface area contributed by atoms with Gasteiger partial charge in [0.05, 0.1) is 7.11 Å². The Bertz CT molecular complexity index is 190. The molecular formula is C11H18O2. The summed E-state index contributed by atoms with van der Waals surface area (Å²) in [6.45, 7) is 4.25. The number of hydrogen-bond acceptors (Lipinski definition) is 2. The molecule has 0 unspecified atom stereocenters. The lowest BCUT2D eigenvalue weighted by Crippen LogP contribution is -1.97. The second-order valence-electron chi connectivity index (χ2n) is 3.17. The molecule has 0 aromatic carbocycles. The smallest absolute Gasteiger partial charge is 0.305 e. The Labute approximate surface area is 80.3 Å². The summed E-state index contributed by atoms with van der Waals surface area (Å²) in [6, 6.07) is 0. The van der Waals surface area contributed by atoms with Crippen LogP contribution in [0.5, 0.6) is 0 Å². The van der Waals surface area contributed by atoms with Crippen LogP contribution in [0.3, 0.4) is 0 Å². The molecule has 0 saturated heterocycles. The van der Waals surface area contributed by atoms with E-state index in [-0.39, 0.29) is 5.97 Å². The number of ether oxygens (including phenoxy) is 1. The Morgan fingerprint density at radius 2 is 2.08 bits per heavy atom. The average molecular weight is 182 g/mol. The topological polar surface area (TPSA) is 26.3 Å². The first-order chi connectivity index (χ1) is 6.16. The van der Waals surface area contributed by atoms with Crippen molar-refractivity contribution in [2.75, 3.05) is 7.11 Å². The maximum Gasteiger partial charge on any atom is 0.305 e. The highest BCUT2D eigenvalue weighted by molar-refractivity contribution is 5.69. The minimum absolute atomic E-state index is 0.155. The van der Waals surface area contributed by atoms with Crippen LogP contribution in [-0.2, 0) is 9.53 Å². The van der Waals surface area contributed by atoms with Crippen LogP contribution >= 0.6 is 0 Å². The third-order valence-corrected chi connectivity index (χ3v) is 1.49. The van der Waals surface area contributed by atoms with Crippen LogP contribution in [0, 0.1) is 5.92 Å². The first kappa shape index (κ1) is 11.9. The monoisotopic (exact) mass is 182 g/mol. The molecule has 0 spiro atoms. The third kappa shape index (κ3) is 8.86. The van der Waals surface area contributed by atoms with Gasteiger partial charge in [-0.2, -0.15) is 0 Å². The van der Waals surface area contributed by atoms with Gasteiger partial charge in [-0.1, -0.05) is 38.2 Å². The lowest BCUT2D eigenvalue weighted by molar-refractivity contribution is -0.140. The van der Waals surface area contributed by atoms with Crippen molar-refractivity contribution in [3.8, 4) is 0 Å². The Morgan fingerprint density at radius 3 is 2.62 bits per heavy atom. The van der Waals surface area contributed by atoms with Crippen LogP contribution in [-0.4, -0.2) is 13.1 Å². The number of esters is 1. The van der Waals surface area contributed by atoms with E-state index < -0.39 is 0 Å². The molecule has 0 saturated carbocycles. The molecule has 0 amide bonds. The highest BCUT2D eigenvalue weighted by Gasteiger charge is 1.94. The van der Waals surface area contributed by atoms with E-state index in [1.165, 1.54) is 7.11 Å². The predicted octanol–water partition coefficient (Wildman–Crippen LogP) is 2.71. The fraction of sp³-hybridized carbons (Fsp3) is 0.545. The van der Waals surface area contributed by atoms with Crippen LogP contribution in [0.15, 0.2) is 24.3 Å². The van der Waals surface area contributed by atoms with Crippen LogP contribution < -0.4 is 0 Å². The lowest BCUT2D eigenvalue weighted by Gasteiger charge is -1.93. The van der Waals surface area contributed by atoms with Crippen molar-refractivity contribution >= 4 is 5.97 Å². The zero-order valence-corrected chi connectivity index (χ0v) is 8.62. The van der Waals surface area contributed by atoms with Gasteiger partial charge in [-0.25, -0.2) is 0 Å². The number of allylic oxidation sites excluding steroid dienone is 4. The van der Waals surface area contributed by atoms with Crippen molar-refractivity contribution in [3.05, 3.63) is 24.3 Å². The zero-order valence-electron chi connectivity index (χ0n) is 8.62. The average Bonchev–Trinajstić information content (AvgIpc) is 2.10. The van der Waals surface area contributed by atoms with Gasteiger partial charge in [0.1, 0.15) is 0 Å². The van der Waals surface area contributed by atoms with Gasteiger partial charge in [0.15, 0.2) is 0 Å². The van der Waals surface area contributed by atoms with Crippen LogP contribution in [0.1, 0.15) is 26.7 Å². The summed E-state index contributed by atoms with van der Waals surface area (Å²) in [7, 11) is 1.41. The van der Waals surface area contributed by atoms with Gasteiger partial charge in [-0.05, 0) is 12.3 Å². The molecule has 0 aromatic rings. The zero-order chi connectivity index (χ0) is 10.1. The number of hydrogen-bond donors (Lipinski definition) is 0. The fourth-order valence-electron chi connectivity index (χ4n) is 0.764. The molecule has 0 N–H and O–H groups in total. The highest BCUT2D eigenvalue weighted by Crippen LogP contribution is 1.96. The van der Waals surface area contributed by atoms with Gasteiger partial charge < -0.3 is 4.74 Å². The number of methoxy groups -OCH3 is 1. The first-order valence-corrected chi connectivity index (χ1v) is 4.57. The van der Waals surface area contributed by atoms with Crippen molar-refractivity contribution in [1.82, 2.24) is 0 Å². The summed E-state index contributed by atoms with van der Waals surface area (Å²) >= 11 is 0. The third-order valence-electron chi connectivity index (χ3n) is 1.49. The number of rotatable bonds is 5. The van der Waals surface area contributed by atoms with E-state index >= 15 is 0 Å². The summed E-state index contributed by atoms with van der Waals surface area (Å²) in [5.41, 5.74) is 0. The van der Waals surface area contributed by atoms with Gasteiger partial charge in [-0.15, -0.1) is 0 Å². The fourth-order valence-corrected chi connectivity index (χ4v) is 0.764. The molecule has 2 nitrogen and oxygen atoms in total. The number of carbonyl (C=O) groups is 1.